The summed E-state index contributed by atoms with van der Waals surface area (Å²) in [6.45, 7) is 0. The number of carbonyl (C=O) groups excluding carboxylic acids is 1. The molecule has 1 heterocycles. The highest BCUT2D eigenvalue weighted by atomic mass is 19.3. The van der Waals surface area contributed by atoms with Crippen LogP contribution in [0.3, 0.4) is 0 Å². The minimum absolute atomic E-state index is 0.0726. The van der Waals surface area contributed by atoms with Gasteiger partial charge in [0, 0.05) is 57.5 Å². The third-order valence-electron chi connectivity index (χ3n) is 7.16. The Morgan fingerprint density at radius 2 is 1.69 bits per heavy atom. The van der Waals surface area contributed by atoms with Crippen LogP contribution in [0.25, 0.3) is 10.9 Å². The number of H-pyrrole nitrogens is 1. The zero-order valence-electron chi connectivity index (χ0n) is 18.3. The Labute approximate surface area is 184 Å². The molecule has 1 aromatic carbocycles. The van der Waals surface area contributed by atoms with Crippen molar-refractivity contribution in [2.24, 2.45) is 11.8 Å². The van der Waals surface area contributed by atoms with Crippen molar-refractivity contribution >= 4 is 16.8 Å². The number of alkyl halides is 4. The maximum atomic E-state index is 14.4. The molecule has 2 aliphatic carbocycles. The number of hydrogen-bond acceptors (Lipinski definition) is 2. The van der Waals surface area contributed by atoms with Gasteiger partial charge in [-0.25, -0.2) is 17.6 Å². The van der Waals surface area contributed by atoms with Crippen molar-refractivity contribution in [2.75, 3.05) is 14.1 Å². The minimum Gasteiger partial charge on any atom is -0.358 e. The number of nitrogens with one attached hydrogen (secondary N) is 1. The van der Waals surface area contributed by atoms with Crippen LogP contribution < -0.4 is 5.43 Å². The summed E-state index contributed by atoms with van der Waals surface area (Å²) in [5.41, 5.74) is 0.671. The molecule has 174 valence electrons. The van der Waals surface area contributed by atoms with Crippen LogP contribution in [0, 0.1) is 11.8 Å². The number of nitrogens with zero attached hydrogens (tertiary/aromatic N) is 1. The highest BCUT2D eigenvalue weighted by Gasteiger charge is 2.47. The van der Waals surface area contributed by atoms with Crippen LogP contribution in [-0.2, 0) is 0 Å². The molecule has 4 rings (SSSR count). The van der Waals surface area contributed by atoms with Gasteiger partial charge in [0.25, 0.3) is 5.91 Å². The van der Waals surface area contributed by atoms with Crippen LogP contribution in [0.4, 0.5) is 17.6 Å². The Kier molecular flexibility index (Phi) is 5.84. The molecular formula is C24H28F4N2O2. The standard InChI is InChI=1S/C24H28F4N2O2/c1-30(2)22(32)16-4-3-5-18-21(16)20(31)12-19(29-18)17-13-24(27,28)11-8-15(17)14-6-9-23(25,26)10-7-14/h3-5,12,14-15,17H,6-11,13H2,1-2H3,(H,29,31)/t15-,17?/m0/s1. The fraction of sp³-hybridized carbons (Fsp3) is 0.583. The molecule has 32 heavy (non-hydrogen) atoms. The average molecular weight is 452 g/mol. The predicted octanol–water partition coefficient (Wildman–Crippen LogP) is 5.57. The largest absolute Gasteiger partial charge is 0.358 e. The van der Waals surface area contributed by atoms with Crippen molar-refractivity contribution in [3.05, 3.63) is 45.7 Å². The molecule has 0 spiro atoms. The van der Waals surface area contributed by atoms with Gasteiger partial charge in [-0.3, -0.25) is 9.59 Å². The third kappa shape index (κ3) is 4.41. The topological polar surface area (TPSA) is 53.2 Å². The lowest BCUT2D eigenvalue weighted by atomic mass is 9.65. The number of rotatable bonds is 3. The highest BCUT2D eigenvalue weighted by molar-refractivity contribution is 6.05. The van der Waals surface area contributed by atoms with Crippen LogP contribution in [0.1, 0.15) is 66.9 Å². The smallest absolute Gasteiger partial charge is 0.254 e. The zero-order valence-corrected chi connectivity index (χ0v) is 18.3. The molecule has 8 heteroatoms. The second-order valence-corrected chi connectivity index (χ2v) is 9.58. The molecule has 2 aromatic rings. The van der Waals surface area contributed by atoms with E-state index in [2.05, 4.69) is 4.98 Å². The third-order valence-corrected chi connectivity index (χ3v) is 7.16. The van der Waals surface area contributed by atoms with E-state index < -0.39 is 29.6 Å². The monoisotopic (exact) mass is 452 g/mol. The van der Waals surface area contributed by atoms with Crippen molar-refractivity contribution < 1.29 is 22.4 Å². The number of carbonyl (C=O) groups is 1. The normalized spacial score (nSPS) is 25.6. The highest BCUT2D eigenvalue weighted by Crippen LogP contribution is 2.51. The van der Waals surface area contributed by atoms with Crippen LogP contribution in [0.2, 0.25) is 0 Å². The quantitative estimate of drug-likeness (QED) is 0.619. The minimum atomic E-state index is -2.87. The van der Waals surface area contributed by atoms with E-state index in [-0.39, 0.29) is 54.4 Å². The summed E-state index contributed by atoms with van der Waals surface area (Å²) < 4.78 is 56.2. The Morgan fingerprint density at radius 1 is 1.03 bits per heavy atom. The van der Waals surface area contributed by atoms with Gasteiger partial charge >= 0.3 is 0 Å². The van der Waals surface area contributed by atoms with E-state index in [4.69, 9.17) is 0 Å². The van der Waals surface area contributed by atoms with E-state index in [0.717, 1.165) is 0 Å². The molecular weight excluding hydrogens is 424 g/mol. The lowest BCUT2D eigenvalue weighted by Crippen LogP contribution is -2.38. The molecule has 0 aliphatic heterocycles. The van der Waals surface area contributed by atoms with E-state index in [1.165, 1.54) is 11.0 Å². The molecule has 4 nitrogen and oxygen atoms in total. The van der Waals surface area contributed by atoms with Crippen molar-refractivity contribution in [1.29, 1.82) is 0 Å². The van der Waals surface area contributed by atoms with Gasteiger partial charge in [-0.1, -0.05) is 6.07 Å². The van der Waals surface area contributed by atoms with Crippen molar-refractivity contribution in [3.8, 4) is 0 Å². The van der Waals surface area contributed by atoms with Gasteiger partial charge < -0.3 is 9.88 Å². The van der Waals surface area contributed by atoms with E-state index in [0.29, 0.717) is 24.1 Å². The van der Waals surface area contributed by atoms with Gasteiger partial charge in [0.1, 0.15) is 0 Å². The Balaban J connectivity index is 1.74. The first-order chi connectivity index (χ1) is 15.0. The number of hydrogen-bond donors (Lipinski definition) is 1. The van der Waals surface area contributed by atoms with Crippen molar-refractivity contribution in [2.45, 2.75) is 62.7 Å². The number of aromatic amines is 1. The van der Waals surface area contributed by atoms with Crippen molar-refractivity contribution in [3.63, 3.8) is 0 Å². The molecule has 1 amide bonds. The fourth-order valence-corrected chi connectivity index (χ4v) is 5.50. The van der Waals surface area contributed by atoms with Crippen LogP contribution in [0.15, 0.2) is 29.1 Å². The summed E-state index contributed by atoms with van der Waals surface area (Å²) in [5, 5.41) is 0.228. The molecule has 0 bridgehead atoms. The van der Waals surface area contributed by atoms with Crippen LogP contribution in [-0.4, -0.2) is 41.7 Å². The molecule has 0 radical (unpaired) electrons. The van der Waals surface area contributed by atoms with Gasteiger partial charge in [-0.2, -0.15) is 0 Å². The van der Waals surface area contributed by atoms with E-state index in [9.17, 15) is 27.2 Å². The maximum Gasteiger partial charge on any atom is 0.254 e. The number of benzene rings is 1. The first-order valence-electron chi connectivity index (χ1n) is 11.1. The van der Waals surface area contributed by atoms with E-state index in [1.54, 1.807) is 32.3 Å². The maximum absolute atomic E-state index is 14.4. The Bertz CT molecular complexity index is 1070. The fourth-order valence-electron chi connectivity index (χ4n) is 5.50. The molecule has 1 aromatic heterocycles. The summed E-state index contributed by atoms with van der Waals surface area (Å²) in [7, 11) is 3.18. The number of halogens is 4. The molecule has 2 fully saturated rings. The SMILES string of the molecule is CN(C)C(=O)c1cccc2[nH]c(C3CC(F)(F)CC[C@H]3C3CCC(F)(F)CC3)cc(=O)c12. The summed E-state index contributed by atoms with van der Waals surface area (Å²) >= 11 is 0. The number of aromatic nitrogens is 1. The Morgan fingerprint density at radius 3 is 2.34 bits per heavy atom. The van der Waals surface area contributed by atoms with Crippen molar-refractivity contribution in [1.82, 2.24) is 9.88 Å². The lowest BCUT2D eigenvalue weighted by Gasteiger charge is -2.42. The van der Waals surface area contributed by atoms with E-state index in [1.807, 2.05) is 0 Å². The second kappa shape index (κ2) is 8.19. The van der Waals surface area contributed by atoms with Gasteiger partial charge in [-0.15, -0.1) is 0 Å². The lowest BCUT2D eigenvalue weighted by molar-refractivity contribution is -0.0840. The molecule has 2 atom stereocenters. The first-order valence-corrected chi connectivity index (χ1v) is 11.1. The van der Waals surface area contributed by atoms with Gasteiger partial charge in [0.05, 0.1) is 16.5 Å². The number of amides is 1. The molecule has 2 aliphatic rings. The van der Waals surface area contributed by atoms with Gasteiger partial charge in [0.2, 0.25) is 11.8 Å². The first kappa shape index (κ1) is 22.8. The summed E-state index contributed by atoms with van der Waals surface area (Å²) in [6, 6.07) is 6.20. The molecule has 2 saturated carbocycles. The zero-order chi connectivity index (χ0) is 23.3. The molecule has 0 saturated heterocycles. The Hall–Kier alpha value is -2.38. The predicted molar refractivity (Wildman–Crippen MR) is 115 cm³/mol. The molecule has 1 unspecified atom stereocenters. The average Bonchev–Trinajstić information content (AvgIpc) is 2.72. The van der Waals surface area contributed by atoms with E-state index >= 15 is 0 Å². The van der Waals surface area contributed by atoms with Crippen LogP contribution >= 0.6 is 0 Å². The summed E-state index contributed by atoms with van der Waals surface area (Å²) in [5.74, 6) is -6.76. The van der Waals surface area contributed by atoms with Crippen LogP contribution in [0.5, 0.6) is 0 Å². The summed E-state index contributed by atoms with van der Waals surface area (Å²) in [6.07, 6.45) is -0.267. The second-order valence-electron chi connectivity index (χ2n) is 9.58. The summed E-state index contributed by atoms with van der Waals surface area (Å²) in [4.78, 5) is 30.1. The van der Waals surface area contributed by atoms with Gasteiger partial charge in [-0.05, 0) is 43.2 Å². The number of fused-ring (bicyclic) bond motifs is 1. The molecule has 1 N–H and O–H groups in total. The number of pyridine rings is 1. The van der Waals surface area contributed by atoms with Gasteiger partial charge in [0.15, 0.2) is 5.43 Å².